The molecule has 0 aliphatic rings. The maximum Gasteiger partial charge on any atom is 0.159 e. The SMILES string of the molecule is Cc1ccccc1Cn1c(CCl)nc2c(C)nn(C)c21. The number of imidazole rings is 1. The van der Waals surface area contributed by atoms with Crippen molar-refractivity contribution in [3.63, 3.8) is 0 Å². The predicted octanol–water partition coefficient (Wildman–Crippen LogP) is 3.17. The molecule has 0 atom stereocenters. The van der Waals surface area contributed by atoms with Crippen molar-refractivity contribution in [1.29, 1.82) is 0 Å². The highest BCUT2D eigenvalue weighted by molar-refractivity contribution is 6.16. The number of rotatable bonds is 3. The van der Waals surface area contributed by atoms with E-state index < -0.39 is 0 Å². The Hall–Kier alpha value is -1.81. The van der Waals surface area contributed by atoms with Gasteiger partial charge in [-0.1, -0.05) is 24.3 Å². The number of alkyl halides is 1. The Morgan fingerprint density at radius 3 is 2.65 bits per heavy atom. The molecular weight excluding hydrogens is 272 g/mol. The Kier molecular flexibility index (Phi) is 3.26. The van der Waals surface area contributed by atoms with Gasteiger partial charge in [0.1, 0.15) is 11.3 Å². The van der Waals surface area contributed by atoms with Crippen LogP contribution < -0.4 is 0 Å². The van der Waals surface area contributed by atoms with E-state index in [0.717, 1.165) is 29.2 Å². The average Bonchev–Trinajstić information content (AvgIpc) is 2.92. The Labute approximate surface area is 123 Å². The molecule has 0 radical (unpaired) electrons. The van der Waals surface area contributed by atoms with Gasteiger partial charge in [-0.2, -0.15) is 5.10 Å². The van der Waals surface area contributed by atoms with Crippen LogP contribution in [0.1, 0.15) is 22.6 Å². The molecule has 0 saturated heterocycles. The minimum absolute atomic E-state index is 0.403. The third-order valence-electron chi connectivity index (χ3n) is 3.68. The number of hydrogen-bond acceptors (Lipinski definition) is 2. The number of benzene rings is 1. The lowest BCUT2D eigenvalue weighted by molar-refractivity contribution is 0.701. The van der Waals surface area contributed by atoms with Crippen molar-refractivity contribution < 1.29 is 0 Å². The van der Waals surface area contributed by atoms with Crippen LogP contribution in [0.5, 0.6) is 0 Å². The summed E-state index contributed by atoms with van der Waals surface area (Å²) in [5.74, 6) is 1.29. The zero-order valence-corrected chi connectivity index (χ0v) is 12.6. The average molecular weight is 289 g/mol. The molecule has 0 aliphatic heterocycles. The molecule has 0 aliphatic carbocycles. The van der Waals surface area contributed by atoms with Crippen molar-refractivity contribution in [3.05, 3.63) is 46.9 Å². The highest BCUT2D eigenvalue weighted by atomic mass is 35.5. The summed E-state index contributed by atoms with van der Waals surface area (Å²) in [6.45, 7) is 4.87. The standard InChI is InChI=1S/C15H17ClN4/c1-10-6-4-5-7-12(10)9-20-13(8-16)17-14-11(2)18-19(3)15(14)20/h4-7H,8-9H2,1-3H3. The smallest absolute Gasteiger partial charge is 0.159 e. The van der Waals surface area contributed by atoms with Crippen molar-refractivity contribution in [2.45, 2.75) is 26.3 Å². The summed E-state index contributed by atoms with van der Waals surface area (Å²) < 4.78 is 4.04. The first-order valence-corrected chi connectivity index (χ1v) is 7.14. The van der Waals surface area contributed by atoms with Gasteiger partial charge in [-0.25, -0.2) is 4.98 Å². The van der Waals surface area contributed by atoms with Gasteiger partial charge in [-0.3, -0.25) is 4.68 Å². The molecule has 4 nitrogen and oxygen atoms in total. The van der Waals surface area contributed by atoms with Gasteiger partial charge < -0.3 is 4.57 Å². The second-order valence-electron chi connectivity index (χ2n) is 5.06. The summed E-state index contributed by atoms with van der Waals surface area (Å²) in [5.41, 5.74) is 5.46. The van der Waals surface area contributed by atoms with Crippen molar-refractivity contribution >= 4 is 22.8 Å². The summed E-state index contributed by atoms with van der Waals surface area (Å²) in [5, 5.41) is 4.44. The maximum absolute atomic E-state index is 6.06. The summed E-state index contributed by atoms with van der Waals surface area (Å²) in [7, 11) is 1.95. The molecule has 0 fully saturated rings. The number of fused-ring (bicyclic) bond motifs is 1. The van der Waals surface area contributed by atoms with Crippen molar-refractivity contribution in [2.24, 2.45) is 7.05 Å². The van der Waals surface area contributed by atoms with Crippen LogP contribution >= 0.6 is 11.6 Å². The van der Waals surface area contributed by atoms with Crippen LogP contribution in [-0.4, -0.2) is 19.3 Å². The normalized spacial score (nSPS) is 11.4. The molecule has 0 saturated carbocycles. The topological polar surface area (TPSA) is 35.6 Å². The van der Waals surface area contributed by atoms with Crippen LogP contribution in [0, 0.1) is 13.8 Å². The summed E-state index contributed by atoms with van der Waals surface area (Å²) in [6, 6.07) is 8.38. The molecule has 0 bridgehead atoms. The van der Waals surface area contributed by atoms with E-state index >= 15 is 0 Å². The molecule has 0 N–H and O–H groups in total. The van der Waals surface area contributed by atoms with Gasteiger partial charge in [-0.05, 0) is 25.0 Å². The molecule has 3 rings (SSSR count). The molecule has 0 unspecified atom stereocenters. The first-order valence-electron chi connectivity index (χ1n) is 6.61. The summed E-state index contributed by atoms with van der Waals surface area (Å²) >= 11 is 6.06. The minimum atomic E-state index is 0.403. The first kappa shape index (κ1) is 13.2. The molecule has 2 aromatic heterocycles. The summed E-state index contributed by atoms with van der Waals surface area (Å²) in [6.07, 6.45) is 0. The monoisotopic (exact) mass is 288 g/mol. The largest absolute Gasteiger partial charge is 0.307 e. The van der Waals surface area contributed by atoms with E-state index in [4.69, 9.17) is 11.6 Å². The molecule has 3 aromatic rings. The van der Waals surface area contributed by atoms with Gasteiger partial charge in [0.05, 0.1) is 18.1 Å². The van der Waals surface area contributed by atoms with Gasteiger partial charge in [0.15, 0.2) is 5.65 Å². The van der Waals surface area contributed by atoms with Gasteiger partial charge >= 0.3 is 0 Å². The van der Waals surface area contributed by atoms with Gasteiger partial charge in [-0.15, -0.1) is 11.6 Å². The fraction of sp³-hybridized carbons (Fsp3) is 0.333. The third kappa shape index (κ3) is 2.00. The van der Waals surface area contributed by atoms with Crippen LogP contribution in [0.25, 0.3) is 11.2 Å². The predicted molar refractivity (Wildman–Crippen MR) is 81.1 cm³/mol. The second kappa shape index (κ2) is 4.94. The number of nitrogens with zero attached hydrogens (tertiary/aromatic N) is 4. The molecular formula is C15H17ClN4. The van der Waals surface area contributed by atoms with E-state index in [9.17, 15) is 0 Å². The molecule has 5 heteroatoms. The van der Waals surface area contributed by atoms with Crippen molar-refractivity contribution in [1.82, 2.24) is 19.3 Å². The molecule has 1 aromatic carbocycles. The quantitative estimate of drug-likeness (QED) is 0.694. The van der Waals surface area contributed by atoms with Crippen LogP contribution in [0.3, 0.4) is 0 Å². The van der Waals surface area contributed by atoms with Gasteiger partial charge in [0.25, 0.3) is 0 Å². The summed E-state index contributed by atoms with van der Waals surface area (Å²) in [4.78, 5) is 4.63. The van der Waals surface area contributed by atoms with E-state index in [2.05, 4.69) is 45.8 Å². The van der Waals surface area contributed by atoms with E-state index in [-0.39, 0.29) is 0 Å². The van der Waals surface area contributed by atoms with Crippen LogP contribution in [0.15, 0.2) is 24.3 Å². The lowest BCUT2D eigenvalue weighted by Crippen LogP contribution is -2.08. The van der Waals surface area contributed by atoms with Crippen LogP contribution in [0.2, 0.25) is 0 Å². The second-order valence-corrected chi connectivity index (χ2v) is 5.32. The van der Waals surface area contributed by atoms with Crippen LogP contribution in [-0.2, 0) is 19.5 Å². The Morgan fingerprint density at radius 1 is 1.20 bits per heavy atom. The Balaban J connectivity index is 2.17. The van der Waals surface area contributed by atoms with E-state index in [1.54, 1.807) is 0 Å². The molecule has 2 heterocycles. The Bertz CT molecular complexity index is 770. The van der Waals surface area contributed by atoms with E-state index in [1.807, 2.05) is 18.7 Å². The van der Waals surface area contributed by atoms with Gasteiger partial charge in [0.2, 0.25) is 0 Å². The first-order chi connectivity index (χ1) is 9.61. The fourth-order valence-electron chi connectivity index (χ4n) is 2.61. The molecule has 104 valence electrons. The fourth-order valence-corrected chi connectivity index (χ4v) is 2.81. The molecule has 0 amide bonds. The highest BCUT2D eigenvalue weighted by Crippen LogP contribution is 2.22. The van der Waals surface area contributed by atoms with E-state index in [1.165, 1.54) is 11.1 Å². The zero-order chi connectivity index (χ0) is 14.3. The molecule has 0 spiro atoms. The van der Waals surface area contributed by atoms with Crippen molar-refractivity contribution in [2.75, 3.05) is 0 Å². The lowest BCUT2D eigenvalue weighted by atomic mass is 10.1. The third-order valence-corrected chi connectivity index (χ3v) is 3.92. The minimum Gasteiger partial charge on any atom is -0.307 e. The zero-order valence-electron chi connectivity index (χ0n) is 11.9. The van der Waals surface area contributed by atoms with Gasteiger partial charge in [0, 0.05) is 7.05 Å². The number of halogens is 1. The highest BCUT2D eigenvalue weighted by Gasteiger charge is 2.17. The van der Waals surface area contributed by atoms with Crippen LogP contribution in [0.4, 0.5) is 0 Å². The molecule has 20 heavy (non-hydrogen) atoms. The Morgan fingerprint density at radius 2 is 1.95 bits per heavy atom. The number of hydrogen-bond donors (Lipinski definition) is 0. The maximum atomic E-state index is 6.06. The van der Waals surface area contributed by atoms with E-state index in [0.29, 0.717) is 5.88 Å². The van der Waals surface area contributed by atoms with Crippen molar-refractivity contribution in [3.8, 4) is 0 Å². The number of aryl methyl sites for hydroxylation is 3. The number of aromatic nitrogens is 4. The lowest BCUT2D eigenvalue weighted by Gasteiger charge is -2.10.